The maximum Gasteiger partial charge on any atom is 0.414 e. The van der Waals surface area contributed by atoms with Crippen molar-refractivity contribution < 1.29 is 22.7 Å². The molecule has 1 saturated heterocycles. The van der Waals surface area contributed by atoms with Crippen molar-refractivity contribution >= 4 is 5.91 Å². The molecule has 2 atom stereocenters. The summed E-state index contributed by atoms with van der Waals surface area (Å²) < 4.78 is 40.8. The smallest absolute Gasteiger partial charge is 0.369 e. The molecule has 0 spiro atoms. The Hall–Kier alpha value is -0.780. The summed E-state index contributed by atoms with van der Waals surface area (Å²) in [6, 6.07) is 0. The Morgan fingerprint density at radius 3 is 2.54 bits per heavy atom. The number of alkyl halides is 3. The molecular weight excluding hydrogens is 187 g/mol. The van der Waals surface area contributed by atoms with Gasteiger partial charge in [-0.3, -0.25) is 4.79 Å². The van der Waals surface area contributed by atoms with E-state index in [9.17, 15) is 18.0 Å². The molecule has 0 aromatic rings. The van der Waals surface area contributed by atoms with Crippen LogP contribution in [0.15, 0.2) is 0 Å². The molecule has 0 radical (unpaired) electrons. The Labute approximate surface area is 73.0 Å². The Bertz CT molecular complexity index is 204. The topological polar surface area (TPSA) is 52.3 Å². The number of halogens is 3. The van der Waals surface area contributed by atoms with E-state index >= 15 is 0 Å². The summed E-state index contributed by atoms with van der Waals surface area (Å²) in [4.78, 5) is 10.6. The normalized spacial score (nSPS) is 30.1. The molecule has 13 heavy (non-hydrogen) atoms. The molecule has 1 aliphatic heterocycles. The number of carbonyl (C=O) groups is 1. The number of rotatable bonds is 1. The highest BCUT2D eigenvalue weighted by Gasteiger charge is 2.44. The second-order valence-electron chi connectivity index (χ2n) is 3.02. The molecule has 0 saturated carbocycles. The molecule has 2 unspecified atom stereocenters. The zero-order valence-electron chi connectivity index (χ0n) is 6.80. The van der Waals surface area contributed by atoms with Gasteiger partial charge in [-0.15, -0.1) is 0 Å². The Balaban J connectivity index is 2.57. The maximum absolute atomic E-state index is 12.1. The van der Waals surface area contributed by atoms with Gasteiger partial charge in [-0.1, -0.05) is 0 Å². The minimum absolute atomic E-state index is 0.0578. The highest BCUT2D eigenvalue weighted by atomic mass is 19.4. The van der Waals surface area contributed by atoms with Crippen LogP contribution >= 0.6 is 0 Å². The van der Waals surface area contributed by atoms with Gasteiger partial charge in [-0.2, -0.15) is 13.2 Å². The van der Waals surface area contributed by atoms with Gasteiger partial charge in [-0.05, 0) is 12.8 Å². The highest BCUT2D eigenvalue weighted by molar-refractivity contribution is 5.76. The van der Waals surface area contributed by atoms with E-state index in [-0.39, 0.29) is 19.4 Å². The van der Waals surface area contributed by atoms with Crippen molar-refractivity contribution in [3.8, 4) is 0 Å². The first-order chi connectivity index (χ1) is 5.91. The lowest BCUT2D eigenvalue weighted by atomic mass is 9.95. The fourth-order valence-electron chi connectivity index (χ4n) is 1.28. The van der Waals surface area contributed by atoms with Crippen LogP contribution in [0, 0.1) is 5.92 Å². The Morgan fingerprint density at radius 2 is 2.08 bits per heavy atom. The number of primary amides is 1. The summed E-state index contributed by atoms with van der Waals surface area (Å²) in [6.07, 6.45) is -6.30. The third-order valence-electron chi connectivity index (χ3n) is 2.05. The Morgan fingerprint density at radius 1 is 1.46 bits per heavy atom. The quantitative estimate of drug-likeness (QED) is 0.676. The summed E-state index contributed by atoms with van der Waals surface area (Å²) in [6.45, 7) is -0.0578. The van der Waals surface area contributed by atoms with Gasteiger partial charge < -0.3 is 10.5 Å². The average Bonchev–Trinajstić information content (AvgIpc) is 2.03. The van der Waals surface area contributed by atoms with Gasteiger partial charge in [0.15, 0.2) is 6.10 Å². The van der Waals surface area contributed by atoms with E-state index in [1.165, 1.54) is 0 Å². The Kier molecular flexibility index (Phi) is 2.80. The molecule has 0 aromatic heterocycles. The SMILES string of the molecule is NC(=O)C1CCOC(C(F)(F)F)C1. The molecule has 76 valence electrons. The van der Waals surface area contributed by atoms with Crippen LogP contribution in [0.5, 0.6) is 0 Å². The molecule has 3 nitrogen and oxygen atoms in total. The van der Waals surface area contributed by atoms with Gasteiger partial charge in [-0.25, -0.2) is 0 Å². The molecular formula is C7H10F3NO2. The van der Waals surface area contributed by atoms with Gasteiger partial charge in [0.2, 0.25) is 5.91 Å². The summed E-state index contributed by atoms with van der Waals surface area (Å²) in [7, 11) is 0. The molecule has 0 aromatic carbocycles. The largest absolute Gasteiger partial charge is 0.414 e. The molecule has 1 fully saturated rings. The first kappa shape index (κ1) is 10.3. The third-order valence-corrected chi connectivity index (χ3v) is 2.05. The van der Waals surface area contributed by atoms with E-state index in [0.29, 0.717) is 0 Å². The average molecular weight is 197 g/mol. The lowest BCUT2D eigenvalue weighted by molar-refractivity contribution is -0.234. The van der Waals surface area contributed by atoms with Gasteiger partial charge in [0.25, 0.3) is 0 Å². The summed E-state index contributed by atoms with van der Waals surface area (Å²) in [5.74, 6) is -1.39. The van der Waals surface area contributed by atoms with Crippen molar-refractivity contribution in [3.63, 3.8) is 0 Å². The van der Waals surface area contributed by atoms with Crippen LogP contribution in [0.4, 0.5) is 13.2 Å². The zero-order chi connectivity index (χ0) is 10.1. The van der Waals surface area contributed by atoms with Crippen LogP contribution < -0.4 is 5.73 Å². The number of carbonyl (C=O) groups excluding carboxylic acids is 1. The van der Waals surface area contributed by atoms with Crippen molar-refractivity contribution in [1.29, 1.82) is 0 Å². The fraction of sp³-hybridized carbons (Fsp3) is 0.857. The summed E-state index contributed by atoms with van der Waals surface area (Å²) in [5.41, 5.74) is 4.91. The van der Waals surface area contributed by atoms with Gasteiger partial charge >= 0.3 is 6.18 Å². The predicted octanol–water partition coefficient (Wildman–Crippen LogP) is 0.829. The second kappa shape index (κ2) is 3.53. The van der Waals surface area contributed by atoms with Crippen molar-refractivity contribution in [3.05, 3.63) is 0 Å². The van der Waals surface area contributed by atoms with Crippen LogP contribution in [0.2, 0.25) is 0 Å². The van der Waals surface area contributed by atoms with Gasteiger partial charge in [0.05, 0.1) is 0 Å². The molecule has 6 heteroatoms. The molecule has 0 bridgehead atoms. The fourth-order valence-corrected chi connectivity index (χ4v) is 1.28. The van der Waals surface area contributed by atoms with E-state index in [1.54, 1.807) is 0 Å². The highest BCUT2D eigenvalue weighted by Crippen LogP contribution is 2.32. The first-order valence-corrected chi connectivity index (χ1v) is 3.89. The number of hydrogen-bond donors (Lipinski definition) is 1. The van der Waals surface area contributed by atoms with Crippen LogP contribution in [0.25, 0.3) is 0 Å². The molecule has 0 aliphatic carbocycles. The first-order valence-electron chi connectivity index (χ1n) is 3.89. The number of ether oxygens (including phenoxy) is 1. The number of nitrogens with two attached hydrogens (primary N) is 1. The number of hydrogen-bond acceptors (Lipinski definition) is 2. The number of amides is 1. The lowest BCUT2D eigenvalue weighted by Gasteiger charge is -2.28. The van der Waals surface area contributed by atoms with E-state index in [1.807, 2.05) is 0 Å². The third kappa shape index (κ3) is 2.58. The van der Waals surface area contributed by atoms with Gasteiger partial charge in [0.1, 0.15) is 0 Å². The molecule has 2 N–H and O–H groups in total. The maximum atomic E-state index is 12.1. The van der Waals surface area contributed by atoms with Crippen molar-refractivity contribution in [1.82, 2.24) is 0 Å². The minimum Gasteiger partial charge on any atom is -0.369 e. The van der Waals surface area contributed by atoms with Crippen LogP contribution in [-0.4, -0.2) is 24.8 Å². The second-order valence-corrected chi connectivity index (χ2v) is 3.02. The van der Waals surface area contributed by atoms with Crippen molar-refractivity contribution in [2.45, 2.75) is 25.1 Å². The summed E-state index contributed by atoms with van der Waals surface area (Å²) >= 11 is 0. The van der Waals surface area contributed by atoms with Crippen LogP contribution in [0.1, 0.15) is 12.8 Å². The molecule has 1 amide bonds. The zero-order valence-corrected chi connectivity index (χ0v) is 6.80. The van der Waals surface area contributed by atoms with E-state index in [4.69, 9.17) is 5.73 Å². The molecule has 1 rings (SSSR count). The lowest BCUT2D eigenvalue weighted by Crippen LogP contribution is -2.41. The predicted molar refractivity (Wildman–Crippen MR) is 37.7 cm³/mol. The van der Waals surface area contributed by atoms with Gasteiger partial charge in [0, 0.05) is 12.5 Å². The van der Waals surface area contributed by atoms with E-state index in [0.717, 1.165) is 0 Å². The van der Waals surface area contributed by atoms with Crippen LogP contribution in [0.3, 0.4) is 0 Å². The van der Waals surface area contributed by atoms with Crippen molar-refractivity contribution in [2.24, 2.45) is 11.7 Å². The van der Waals surface area contributed by atoms with E-state index in [2.05, 4.69) is 4.74 Å². The minimum atomic E-state index is -4.39. The summed E-state index contributed by atoms with van der Waals surface area (Å²) in [5, 5.41) is 0. The van der Waals surface area contributed by atoms with Crippen molar-refractivity contribution in [2.75, 3.05) is 6.61 Å². The standard InChI is InChI=1S/C7H10F3NO2/c8-7(9,10)5-3-4(6(11)12)1-2-13-5/h4-5H,1-3H2,(H2,11,12). The monoisotopic (exact) mass is 197 g/mol. The van der Waals surface area contributed by atoms with Crippen LogP contribution in [-0.2, 0) is 9.53 Å². The molecule has 1 heterocycles. The van der Waals surface area contributed by atoms with E-state index < -0.39 is 24.1 Å². The molecule has 1 aliphatic rings.